The van der Waals surface area contributed by atoms with Crippen molar-refractivity contribution in [3.05, 3.63) is 45.7 Å². The Hall–Kier alpha value is -0.840. The Morgan fingerprint density at radius 1 is 1.40 bits per heavy atom. The molecule has 2 nitrogen and oxygen atoms in total. The summed E-state index contributed by atoms with van der Waals surface area (Å²) in [6.45, 7) is 6.07. The summed E-state index contributed by atoms with van der Waals surface area (Å²) in [5.74, 6) is 0.443. The second-order valence-corrected chi connectivity index (χ2v) is 5.07. The molecular weight excluding hydrogens is 299 g/mol. The fourth-order valence-electron chi connectivity index (χ4n) is 1.73. The molecule has 0 spiro atoms. The smallest absolute Gasteiger partial charge is 0.0711 e. The predicted octanol–water partition coefficient (Wildman–Crippen LogP) is 3.14. The number of rotatable bonds is 1. The van der Waals surface area contributed by atoms with Crippen LogP contribution in [0.3, 0.4) is 0 Å². The molecule has 1 N–H and O–H groups in total. The second kappa shape index (κ2) is 4.35. The molecule has 0 saturated heterocycles. The van der Waals surface area contributed by atoms with E-state index in [9.17, 15) is 0 Å². The zero-order valence-electron chi connectivity index (χ0n) is 8.63. The maximum Gasteiger partial charge on any atom is 0.0711 e. The Labute approximate surface area is 104 Å². The maximum absolute atomic E-state index is 4.36. The van der Waals surface area contributed by atoms with Crippen LogP contribution in [0, 0.1) is 9.49 Å². The van der Waals surface area contributed by atoms with Gasteiger partial charge in [-0.2, -0.15) is 5.10 Å². The largest absolute Gasteiger partial charge is 0.283 e. The Kier molecular flexibility index (Phi) is 3.09. The van der Waals surface area contributed by atoms with E-state index >= 15 is 0 Å². The van der Waals surface area contributed by atoms with Crippen LogP contribution in [-0.4, -0.2) is 5.71 Å². The highest BCUT2D eigenvalue weighted by Crippen LogP contribution is 2.20. The van der Waals surface area contributed by atoms with Gasteiger partial charge in [-0.15, -0.1) is 0 Å². The normalized spacial score (nSPS) is 20.8. The zero-order chi connectivity index (χ0) is 10.8. The minimum atomic E-state index is 0.443. The van der Waals surface area contributed by atoms with Gasteiger partial charge in [0.05, 0.1) is 5.71 Å². The van der Waals surface area contributed by atoms with E-state index in [0.29, 0.717) is 5.92 Å². The van der Waals surface area contributed by atoms with Crippen molar-refractivity contribution in [3.63, 3.8) is 0 Å². The third-order valence-electron chi connectivity index (χ3n) is 2.49. The molecule has 0 aliphatic carbocycles. The molecule has 2 rings (SSSR count). The molecule has 0 unspecified atom stereocenters. The maximum atomic E-state index is 4.36. The van der Waals surface area contributed by atoms with E-state index in [4.69, 9.17) is 0 Å². The van der Waals surface area contributed by atoms with E-state index in [2.05, 4.69) is 70.9 Å². The summed E-state index contributed by atoms with van der Waals surface area (Å²) in [6, 6.07) is 8.45. The first-order valence-corrected chi connectivity index (χ1v) is 6.02. The third-order valence-corrected chi connectivity index (χ3v) is 3.21. The van der Waals surface area contributed by atoms with Crippen molar-refractivity contribution >= 4 is 28.3 Å². The average molecular weight is 312 g/mol. The summed E-state index contributed by atoms with van der Waals surface area (Å²) < 4.78 is 1.25. The lowest BCUT2D eigenvalue weighted by molar-refractivity contribution is 0.653. The lowest BCUT2D eigenvalue weighted by Gasteiger charge is -2.21. The van der Waals surface area contributed by atoms with Gasteiger partial charge < -0.3 is 0 Å². The number of allylic oxidation sites excluding steroid dienone is 1. The van der Waals surface area contributed by atoms with Crippen LogP contribution in [0.2, 0.25) is 0 Å². The molecule has 1 aliphatic rings. The highest BCUT2D eigenvalue weighted by molar-refractivity contribution is 14.1. The number of hydrazone groups is 1. The first-order chi connectivity index (χ1) is 7.16. The SMILES string of the molecule is C=C1C[C@@H](C)C(c2ccc(I)cc2)=NN1. The number of halogens is 1. The van der Waals surface area contributed by atoms with Crippen LogP contribution in [0.25, 0.3) is 0 Å². The number of hydrogen-bond donors (Lipinski definition) is 1. The molecule has 0 fully saturated rings. The summed E-state index contributed by atoms with van der Waals surface area (Å²) in [6.07, 6.45) is 0.963. The summed E-state index contributed by atoms with van der Waals surface area (Å²) >= 11 is 2.31. The molecule has 0 radical (unpaired) electrons. The van der Waals surface area contributed by atoms with Gasteiger partial charge in [-0.05, 0) is 46.7 Å². The fraction of sp³-hybridized carbons (Fsp3) is 0.250. The molecule has 0 bridgehead atoms. The first kappa shape index (κ1) is 10.7. The van der Waals surface area contributed by atoms with E-state index < -0.39 is 0 Å². The highest BCUT2D eigenvalue weighted by Gasteiger charge is 2.18. The molecule has 1 heterocycles. The van der Waals surface area contributed by atoms with Crippen molar-refractivity contribution < 1.29 is 0 Å². The van der Waals surface area contributed by atoms with Crippen molar-refractivity contribution in [2.75, 3.05) is 0 Å². The quantitative estimate of drug-likeness (QED) is 0.792. The lowest BCUT2D eigenvalue weighted by atomic mass is 9.93. The molecule has 1 aromatic rings. The summed E-state index contributed by atoms with van der Waals surface area (Å²) in [7, 11) is 0. The van der Waals surface area contributed by atoms with Gasteiger partial charge in [0.25, 0.3) is 0 Å². The van der Waals surface area contributed by atoms with Gasteiger partial charge in [0.1, 0.15) is 0 Å². The Morgan fingerprint density at radius 3 is 2.67 bits per heavy atom. The van der Waals surface area contributed by atoms with Crippen molar-refractivity contribution in [3.8, 4) is 0 Å². The molecule has 0 aromatic heterocycles. The second-order valence-electron chi connectivity index (χ2n) is 3.82. The fourth-order valence-corrected chi connectivity index (χ4v) is 2.09. The molecule has 0 amide bonds. The third kappa shape index (κ3) is 2.40. The minimum Gasteiger partial charge on any atom is -0.283 e. The van der Waals surface area contributed by atoms with E-state index in [1.807, 2.05) is 0 Å². The Bertz CT molecular complexity index is 406. The van der Waals surface area contributed by atoms with Crippen LogP contribution < -0.4 is 5.43 Å². The van der Waals surface area contributed by atoms with Crippen LogP contribution >= 0.6 is 22.6 Å². The topological polar surface area (TPSA) is 24.4 Å². The van der Waals surface area contributed by atoms with Crippen LogP contribution in [-0.2, 0) is 0 Å². The number of nitrogens with zero attached hydrogens (tertiary/aromatic N) is 1. The molecule has 1 aromatic carbocycles. The summed E-state index contributed by atoms with van der Waals surface area (Å²) in [5.41, 5.74) is 6.29. The van der Waals surface area contributed by atoms with Crippen molar-refractivity contribution in [1.82, 2.24) is 5.43 Å². The van der Waals surface area contributed by atoms with Gasteiger partial charge in [-0.1, -0.05) is 25.6 Å². The first-order valence-electron chi connectivity index (χ1n) is 4.94. The Morgan fingerprint density at radius 2 is 2.07 bits per heavy atom. The van der Waals surface area contributed by atoms with Gasteiger partial charge in [0.2, 0.25) is 0 Å². The van der Waals surface area contributed by atoms with Gasteiger partial charge >= 0.3 is 0 Å². The standard InChI is InChI=1S/C12H13IN2/c1-8-7-9(2)14-15-12(8)10-3-5-11(13)6-4-10/h3-6,8,14H,2,7H2,1H3/t8-/m1/s1. The molecule has 15 heavy (non-hydrogen) atoms. The van der Waals surface area contributed by atoms with Crippen LogP contribution in [0.4, 0.5) is 0 Å². The minimum absolute atomic E-state index is 0.443. The predicted molar refractivity (Wildman–Crippen MR) is 71.8 cm³/mol. The number of benzene rings is 1. The zero-order valence-corrected chi connectivity index (χ0v) is 10.8. The molecule has 78 valence electrons. The van der Waals surface area contributed by atoms with Crippen molar-refractivity contribution in [1.29, 1.82) is 0 Å². The molecule has 3 heteroatoms. The van der Waals surface area contributed by atoms with Crippen molar-refractivity contribution in [2.45, 2.75) is 13.3 Å². The van der Waals surface area contributed by atoms with Crippen LogP contribution in [0.5, 0.6) is 0 Å². The summed E-state index contributed by atoms with van der Waals surface area (Å²) in [4.78, 5) is 0. The molecular formula is C12H13IN2. The van der Waals surface area contributed by atoms with Gasteiger partial charge in [-0.25, -0.2) is 0 Å². The number of nitrogens with one attached hydrogen (secondary N) is 1. The monoisotopic (exact) mass is 312 g/mol. The number of hydrogen-bond acceptors (Lipinski definition) is 2. The van der Waals surface area contributed by atoms with Crippen molar-refractivity contribution in [2.24, 2.45) is 11.0 Å². The van der Waals surface area contributed by atoms with E-state index in [1.54, 1.807) is 0 Å². The average Bonchev–Trinajstić information content (AvgIpc) is 2.20. The van der Waals surface area contributed by atoms with E-state index in [1.165, 1.54) is 9.13 Å². The lowest BCUT2D eigenvalue weighted by Crippen LogP contribution is -2.25. The van der Waals surface area contributed by atoms with Gasteiger partial charge in [-0.3, -0.25) is 5.43 Å². The van der Waals surface area contributed by atoms with Crippen LogP contribution in [0.1, 0.15) is 18.9 Å². The van der Waals surface area contributed by atoms with E-state index in [0.717, 1.165) is 17.8 Å². The van der Waals surface area contributed by atoms with Gasteiger partial charge in [0.15, 0.2) is 0 Å². The molecule has 0 saturated carbocycles. The van der Waals surface area contributed by atoms with E-state index in [-0.39, 0.29) is 0 Å². The molecule has 1 atom stereocenters. The van der Waals surface area contributed by atoms with Crippen LogP contribution in [0.15, 0.2) is 41.6 Å². The summed E-state index contributed by atoms with van der Waals surface area (Å²) in [5, 5.41) is 4.36. The Balaban J connectivity index is 2.31. The highest BCUT2D eigenvalue weighted by atomic mass is 127. The molecule has 1 aliphatic heterocycles. The van der Waals surface area contributed by atoms with Gasteiger partial charge in [0, 0.05) is 15.2 Å².